The molecule has 0 unspecified atom stereocenters. The first-order chi connectivity index (χ1) is 5.97. The van der Waals surface area contributed by atoms with Gasteiger partial charge in [-0.15, -0.1) is 0 Å². The van der Waals surface area contributed by atoms with Gasteiger partial charge in [0.05, 0.1) is 0 Å². The molecule has 0 aliphatic carbocycles. The molecule has 0 spiro atoms. The van der Waals surface area contributed by atoms with Crippen molar-refractivity contribution in [2.75, 3.05) is 26.2 Å². The third-order valence-electron chi connectivity index (χ3n) is 3.27. The van der Waals surface area contributed by atoms with E-state index in [2.05, 4.69) is 30.6 Å². The highest BCUT2D eigenvalue weighted by atomic mass is 15.4. The lowest BCUT2D eigenvalue weighted by Gasteiger charge is -2.55. The van der Waals surface area contributed by atoms with Crippen LogP contribution in [-0.4, -0.2) is 53.6 Å². The molecular formula is C10H21N3. The molecular weight excluding hydrogens is 162 g/mol. The zero-order chi connectivity index (χ0) is 9.64. The maximum absolute atomic E-state index is 5.75. The van der Waals surface area contributed by atoms with Crippen molar-refractivity contribution >= 4 is 0 Å². The smallest absolute Gasteiger partial charge is 0.0352 e. The Morgan fingerprint density at radius 3 is 2.00 bits per heavy atom. The molecule has 2 rings (SSSR count). The monoisotopic (exact) mass is 183 g/mol. The summed E-state index contributed by atoms with van der Waals surface area (Å²) < 4.78 is 0. The second-order valence-corrected chi connectivity index (χ2v) is 5.44. The van der Waals surface area contributed by atoms with Crippen molar-refractivity contribution in [3.63, 3.8) is 0 Å². The minimum absolute atomic E-state index is 0.351. The first kappa shape index (κ1) is 9.44. The van der Waals surface area contributed by atoms with Crippen LogP contribution in [0.4, 0.5) is 0 Å². The Morgan fingerprint density at radius 1 is 1.08 bits per heavy atom. The van der Waals surface area contributed by atoms with Crippen molar-refractivity contribution in [3.05, 3.63) is 0 Å². The van der Waals surface area contributed by atoms with Crippen LogP contribution in [0.15, 0.2) is 0 Å². The van der Waals surface area contributed by atoms with Gasteiger partial charge in [0.2, 0.25) is 0 Å². The fourth-order valence-corrected chi connectivity index (χ4v) is 2.08. The number of hydrogen-bond acceptors (Lipinski definition) is 3. The third-order valence-corrected chi connectivity index (χ3v) is 3.27. The molecule has 0 aromatic rings. The highest BCUT2D eigenvalue weighted by molar-refractivity contribution is 4.98. The molecule has 2 N–H and O–H groups in total. The summed E-state index contributed by atoms with van der Waals surface area (Å²) in [6.07, 6.45) is 0. The minimum Gasteiger partial charge on any atom is -0.325 e. The lowest BCUT2D eigenvalue weighted by Crippen LogP contribution is -2.70. The van der Waals surface area contributed by atoms with Crippen LogP contribution in [0.2, 0.25) is 0 Å². The predicted octanol–water partition coefficient (Wildman–Crippen LogP) is 0.112. The molecule has 0 saturated carbocycles. The van der Waals surface area contributed by atoms with E-state index in [0.29, 0.717) is 11.6 Å². The number of rotatable bonds is 1. The molecule has 2 aliphatic rings. The molecule has 0 aromatic carbocycles. The quantitative estimate of drug-likeness (QED) is 0.626. The Labute approximate surface area is 80.9 Å². The van der Waals surface area contributed by atoms with Crippen molar-refractivity contribution < 1.29 is 0 Å². The van der Waals surface area contributed by atoms with Crippen molar-refractivity contribution in [1.82, 2.24) is 9.80 Å². The van der Waals surface area contributed by atoms with E-state index >= 15 is 0 Å². The fraction of sp³-hybridized carbons (Fsp3) is 1.00. The van der Waals surface area contributed by atoms with Crippen molar-refractivity contribution in [2.24, 2.45) is 5.73 Å². The summed E-state index contributed by atoms with van der Waals surface area (Å²) in [4.78, 5) is 5.04. The molecule has 0 radical (unpaired) electrons. The normalized spacial score (nSPS) is 28.6. The average Bonchev–Trinajstić information content (AvgIpc) is 1.76. The molecule has 0 bridgehead atoms. The summed E-state index contributed by atoms with van der Waals surface area (Å²) in [5.74, 6) is 0. The zero-order valence-electron chi connectivity index (χ0n) is 8.95. The molecule has 2 heterocycles. The van der Waals surface area contributed by atoms with E-state index in [9.17, 15) is 0 Å². The van der Waals surface area contributed by atoms with Gasteiger partial charge >= 0.3 is 0 Å². The Kier molecular flexibility index (Phi) is 2.13. The van der Waals surface area contributed by atoms with Gasteiger partial charge in [0.15, 0.2) is 0 Å². The number of likely N-dealkylation sites (tertiary alicyclic amines) is 2. The molecule has 2 saturated heterocycles. The predicted molar refractivity (Wildman–Crippen MR) is 54.7 cm³/mol. The van der Waals surface area contributed by atoms with E-state index < -0.39 is 0 Å². The maximum atomic E-state index is 5.75. The average molecular weight is 183 g/mol. The molecule has 3 heteroatoms. The Morgan fingerprint density at radius 2 is 1.62 bits per heavy atom. The molecule has 3 nitrogen and oxygen atoms in total. The van der Waals surface area contributed by atoms with Crippen molar-refractivity contribution in [2.45, 2.75) is 38.4 Å². The van der Waals surface area contributed by atoms with Gasteiger partial charge in [-0.2, -0.15) is 0 Å². The van der Waals surface area contributed by atoms with Gasteiger partial charge in [0, 0.05) is 43.8 Å². The zero-order valence-corrected chi connectivity index (χ0v) is 8.95. The van der Waals surface area contributed by atoms with E-state index in [0.717, 1.165) is 19.1 Å². The SMILES string of the molecule is CC(C)(C)N1CC(N2CC(N)C2)C1. The van der Waals surface area contributed by atoms with E-state index in [1.54, 1.807) is 0 Å². The summed E-state index contributed by atoms with van der Waals surface area (Å²) in [5.41, 5.74) is 6.10. The van der Waals surface area contributed by atoms with Crippen LogP contribution < -0.4 is 5.73 Å². The largest absolute Gasteiger partial charge is 0.325 e. The highest BCUT2D eigenvalue weighted by Gasteiger charge is 2.40. The van der Waals surface area contributed by atoms with E-state index in [1.807, 2.05) is 0 Å². The van der Waals surface area contributed by atoms with E-state index in [-0.39, 0.29) is 0 Å². The van der Waals surface area contributed by atoms with Crippen LogP contribution in [0, 0.1) is 0 Å². The lowest BCUT2D eigenvalue weighted by atomic mass is 9.94. The molecule has 0 aromatic heterocycles. The summed E-state index contributed by atoms with van der Waals surface area (Å²) in [6, 6.07) is 1.24. The molecule has 2 aliphatic heterocycles. The second kappa shape index (κ2) is 2.94. The standard InChI is InChI=1S/C10H21N3/c1-10(2,3)13-6-9(7-13)12-4-8(11)5-12/h8-9H,4-7,11H2,1-3H3. The van der Waals surface area contributed by atoms with Crippen molar-refractivity contribution in [1.29, 1.82) is 0 Å². The van der Waals surface area contributed by atoms with Gasteiger partial charge in [-0.25, -0.2) is 0 Å². The van der Waals surface area contributed by atoms with Crippen LogP contribution in [0.3, 0.4) is 0 Å². The summed E-state index contributed by atoms with van der Waals surface area (Å²) in [5, 5.41) is 0. The van der Waals surface area contributed by atoms with E-state index in [1.165, 1.54) is 13.1 Å². The molecule has 13 heavy (non-hydrogen) atoms. The van der Waals surface area contributed by atoms with Crippen LogP contribution in [0.25, 0.3) is 0 Å². The highest BCUT2D eigenvalue weighted by Crippen LogP contribution is 2.26. The second-order valence-electron chi connectivity index (χ2n) is 5.44. The first-order valence-corrected chi connectivity index (χ1v) is 5.21. The Balaban J connectivity index is 1.73. The Bertz CT molecular complexity index is 185. The van der Waals surface area contributed by atoms with Gasteiger partial charge in [-0.1, -0.05) is 0 Å². The van der Waals surface area contributed by atoms with Gasteiger partial charge in [-0.05, 0) is 20.8 Å². The van der Waals surface area contributed by atoms with Gasteiger partial charge in [0.25, 0.3) is 0 Å². The van der Waals surface area contributed by atoms with Crippen LogP contribution >= 0.6 is 0 Å². The first-order valence-electron chi connectivity index (χ1n) is 5.21. The fourth-order valence-electron chi connectivity index (χ4n) is 2.08. The number of hydrogen-bond donors (Lipinski definition) is 1. The van der Waals surface area contributed by atoms with Gasteiger partial charge in [0.1, 0.15) is 0 Å². The van der Waals surface area contributed by atoms with Gasteiger partial charge in [-0.3, -0.25) is 9.80 Å². The van der Waals surface area contributed by atoms with Crippen LogP contribution in [0.1, 0.15) is 20.8 Å². The summed E-state index contributed by atoms with van der Waals surface area (Å²) in [7, 11) is 0. The Hall–Kier alpha value is -0.120. The maximum Gasteiger partial charge on any atom is 0.0352 e. The number of nitrogens with zero attached hydrogens (tertiary/aromatic N) is 2. The minimum atomic E-state index is 0.351. The van der Waals surface area contributed by atoms with Crippen LogP contribution in [0.5, 0.6) is 0 Å². The van der Waals surface area contributed by atoms with Crippen molar-refractivity contribution in [3.8, 4) is 0 Å². The lowest BCUT2D eigenvalue weighted by molar-refractivity contribution is -0.0500. The van der Waals surface area contributed by atoms with E-state index in [4.69, 9.17) is 5.73 Å². The molecule has 76 valence electrons. The summed E-state index contributed by atoms with van der Waals surface area (Å²) in [6.45, 7) is 11.5. The topological polar surface area (TPSA) is 32.5 Å². The summed E-state index contributed by atoms with van der Waals surface area (Å²) >= 11 is 0. The number of nitrogens with two attached hydrogens (primary N) is 1. The molecule has 0 amide bonds. The molecule has 2 fully saturated rings. The van der Waals surface area contributed by atoms with Gasteiger partial charge < -0.3 is 5.73 Å². The molecule has 0 atom stereocenters. The van der Waals surface area contributed by atoms with Crippen LogP contribution in [-0.2, 0) is 0 Å². The third kappa shape index (κ3) is 1.73.